The highest BCUT2D eigenvalue weighted by Crippen LogP contribution is 2.31. The number of aryl methyl sites for hydroxylation is 4. The van der Waals surface area contributed by atoms with Crippen LogP contribution in [0.1, 0.15) is 73.3 Å². The number of pyridine rings is 1. The molecule has 0 aliphatic carbocycles. The van der Waals surface area contributed by atoms with Gasteiger partial charge in [0.25, 0.3) is 11.8 Å². The molecule has 8 rings (SSSR count). The highest BCUT2D eigenvalue weighted by Gasteiger charge is 2.38. The fourth-order valence-electron chi connectivity index (χ4n) is 8.04. The summed E-state index contributed by atoms with van der Waals surface area (Å²) in [4.78, 5) is 68.4. The third kappa shape index (κ3) is 7.87. The van der Waals surface area contributed by atoms with Gasteiger partial charge in [0.2, 0.25) is 23.7 Å². The molecule has 6 aromatic rings. The zero-order valence-electron chi connectivity index (χ0n) is 34.3. The molecule has 2 bridgehead atoms. The summed E-state index contributed by atoms with van der Waals surface area (Å²) in [5.41, 5.74) is 22.4. The lowest BCUT2D eigenvalue weighted by atomic mass is 10.1. The zero-order chi connectivity index (χ0) is 43.1. The minimum Gasteiger partial charge on any atom is -0.395 e. The maximum Gasteiger partial charge on any atom is 0.278 e. The minimum atomic E-state index is -0.677. The Morgan fingerprint density at radius 2 is 1.56 bits per heavy atom. The van der Waals surface area contributed by atoms with Crippen LogP contribution in [0, 0.1) is 13.8 Å². The lowest BCUT2D eigenvalue weighted by Crippen LogP contribution is -2.39. The standard InChI is InChI=1S/C40H48N16O5/c1-5-55-30(13-21(3)50-55)37(59)48-39-46-28-15-23(34(42)57)14-27(44-9-12-52-19-26-17-25(52)20-61-26)32(28)53(39)10-7-8-11-54-36-29(16-24(18-45-36)35(43)58)47-40(54)49-38(60)33-31(41)22(4)51-56(33)6-2/h7-8,13-16,18,25-26,44H,5-6,9-12,17,19-20,41H2,1-4H3,(H2,42,57)(H2,43,58)(H,46,48,59)(H,47,49,60)/b8-7+/t25-,26-/m1/s1. The van der Waals surface area contributed by atoms with E-state index in [1.54, 1.807) is 34.4 Å². The number of likely N-dealkylation sites (tertiary alicyclic amines) is 1. The number of primary amides is 2. The van der Waals surface area contributed by atoms with Crippen LogP contribution in [0.4, 0.5) is 23.3 Å². The number of rotatable bonds is 16. The number of anilines is 4. The summed E-state index contributed by atoms with van der Waals surface area (Å²) in [6.45, 7) is 11.4. The van der Waals surface area contributed by atoms with Gasteiger partial charge in [-0.05, 0) is 58.4 Å². The van der Waals surface area contributed by atoms with Crippen molar-refractivity contribution in [2.45, 2.75) is 72.4 Å². The number of ether oxygens (including phenoxy) is 1. The molecule has 2 saturated heterocycles. The molecule has 2 aliphatic rings. The van der Waals surface area contributed by atoms with Crippen molar-refractivity contribution in [3.63, 3.8) is 0 Å². The fraction of sp³-hybridized carbons (Fsp3) is 0.375. The Balaban J connectivity index is 1.13. The lowest BCUT2D eigenvalue weighted by molar-refractivity contribution is 0.0324. The third-order valence-electron chi connectivity index (χ3n) is 11.0. The van der Waals surface area contributed by atoms with E-state index in [2.05, 4.69) is 41.0 Å². The van der Waals surface area contributed by atoms with Gasteiger partial charge in [-0.3, -0.25) is 48.6 Å². The molecule has 318 valence electrons. The number of nitrogen functional groups attached to an aromatic ring is 1. The molecule has 61 heavy (non-hydrogen) atoms. The summed E-state index contributed by atoms with van der Waals surface area (Å²) >= 11 is 0. The van der Waals surface area contributed by atoms with E-state index in [1.165, 1.54) is 16.9 Å². The molecule has 2 fully saturated rings. The van der Waals surface area contributed by atoms with Crippen LogP contribution in [0.15, 0.2) is 42.6 Å². The summed E-state index contributed by atoms with van der Waals surface area (Å²) in [5, 5.41) is 18.1. The van der Waals surface area contributed by atoms with Crippen molar-refractivity contribution in [2.75, 3.05) is 47.9 Å². The van der Waals surface area contributed by atoms with Crippen LogP contribution < -0.4 is 33.2 Å². The van der Waals surface area contributed by atoms with Gasteiger partial charge >= 0.3 is 0 Å². The fourth-order valence-corrected chi connectivity index (χ4v) is 8.04. The predicted octanol–water partition coefficient (Wildman–Crippen LogP) is 2.26. The molecular formula is C40H48N16O5. The monoisotopic (exact) mass is 832 g/mol. The van der Waals surface area contributed by atoms with Gasteiger partial charge in [-0.1, -0.05) is 12.2 Å². The van der Waals surface area contributed by atoms with Gasteiger partial charge in [0, 0.05) is 63.6 Å². The average Bonchev–Trinajstić information content (AvgIpc) is 4.10. The van der Waals surface area contributed by atoms with Crippen LogP contribution in [0.25, 0.3) is 22.2 Å². The summed E-state index contributed by atoms with van der Waals surface area (Å²) < 4.78 is 12.4. The minimum absolute atomic E-state index is 0.145. The number of aromatic nitrogens is 9. The van der Waals surface area contributed by atoms with Crippen LogP contribution in [0.2, 0.25) is 0 Å². The SMILES string of the molecule is CCn1nc(C)cc1C(=O)Nc1nc2cc(C(N)=O)cc(NCCN3C[C@H]4C[C@@H]3CO4)c2n1C/C=C/Cn1c(NC(=O)c2c(N)c(C)nn2CC)nc2cc(C(N)=O)cnc21. The second-order valence-electron chi connectivity index (χ2n) is 15.1. The number of amides is 4. The first-order valence-electron chi connectivity index (χ1n) is 20.1. The molecule has 9 N–H and O–H groups in total. The van der Waals surface area contributed by atoms with E-state index in [0.29, 0.717) is 70.6 Å². The first-order valence-corrected chi connectivity index (χ1v) is 20.1. The molecule has 0 spiro atoms. The van der Waals surface area contributed by atoms with E-state index in [9.17, 15) is 19.2 Å². The number of nitrogens with one attached hydrogen (secondary N) is 3. The highest BCUT2D eigenvalue weighted by atomic mass is 16.5. The molecule has 0 saturated carbocycles. The number of nitrogens with zero attached hydrogens (tertiary/aromatic N) is 10. The van der Waals surface area contributed by atoms with Gasteiger partial charge in [0.15, 0.2) is 5.65 Å². The Bertz CT molecular complexity index is 2740. The van der Waals surface area contributed by atoms with Crippen LogP contribution in [0.5, 0.6) is 0 Å². The molecule has 1 aromatic carbocycles. The van der Waals surface area contributed by atoms with E-state index in [4.69, 9.17) is 26.9 Å². The normalized spacial score (nSPS) is 16.3. The topological polar surface area (TPSA) is 279 Å². The summed E-state index contributed by atoms with van der Waals surface area (Å²) in [6, 6.07) is 6.89. The first kappa shape index (κ1) is 40.6. The Kier molecular flexibility index (Phi) is 11.0. The number of morpholine rings is 1. The Hall–Kier alpha value is -7.13. The molecular weight excluding hydrogens is 785 g/mol. The molecule has 2 aliphatic heterocycles. The van der Waals surface area contributed by atoms with Crippen molar-refractivity contribution in [2.24, 2.45) is 11.5 Å². The van der Waals surface area contributed by atoms with Crippen molar-refractivity contribution >= 4 is 69.1 Å². The number of imidazole rings is 2. The summed E-state index contributed by atoms with van der Waals surface area (Å²) in [6.07, 6.45) is 6.34. The Morgan fingerprint density at radius 3 is 2.25 bits per heavy atom. The number of nitrogens with two attached hydrogens (primary N) is 3. The van der Waals surface area contributed by atoms with Crippen LogP contribution in [0.3, 0.4) is 0 Å². The molecule has 4 amide bonds. The van der Waals surface area contributed by atoms with Crippen molar-refractivity contribution in [1.82, 2.24) is 48.5 Å². The average molecular weight is 833 g/mol. The van der Waals surface area contributed by atoms with Crippen LogP contribution >= 0.6 is 0 Å². The van der Waals surface area contributed by atoms with E-state index < -0.39 is 23.6 Å². The molecule has 0 radical (unpaired) electrons. The maximum atomic E-state index is 13.8. The van der Waals surface area contributed by atoms with Gasteiger partial charge in [0.05, 0.1) is 52.1 Å². The van der Waals surface area contributed by atoms with Crippen molar-refractivity contribution in [3.8, 4) is 0 Å². The predicted molar refractivity (Wildman–Crippen MR) is 227 cm³/mol. The maximum absolute atomic E-state index is 13.8. The van der Waals surface area contributed by atoms with E-state index >= 15 is 0 Å². The zero-order valence-corrected chi connectivity index (χ0v) is 34.3. The Morgan fingerprint density at radius 1 is 0.869 bits per heavy atom. The largest absolute Gasteiger partial charge is 0.395 e. The number of hydrogen-bond acceptors (Lipinski definition) is 13. The third-order valence-corrected chi connectivity index (χ3v) is 11.0. The number of benzene rings is 1. The quantitative estimate of drug-likeness (QED) is 0.0765. The van der Waals surface area contributed by atoms with Gasteiger partial charge in [0.1, 0.15) is 16.9 Å². The molecule has 0 unspecified atom stereocenters. The van der Waals surface area contributed by atoms with Crippen LogP contribution in [-0.4, -0.2) is 111 Å². The summed E-state index contributed by atoms with van der Waals surface area (Å²) in [7, 11) is 0. The van der Waals surface area contributed by atoms with Gasteiger partial charge < -0.3 is 31.8 Å². The molecule has 21 nitrogen and oxygen atoms in total. The van der Waals surface area contributed by atoms with Crippen molar-refractivity contribution < 1.29 is 23.9 Å². The van der Waals surface area contributed by atoms with Gasteiger partial charge in [-0.25, -0.2) is 15.0 Å². The second kappa shape index (κ2) is 16.5. The number of hydrogen-bond donors (Lipinski definition) is 6. The van der Waals surface area contributed by atoms with E-state index in [-0.39, 0.29) is 53.6 Å². The molecule has 5 aromatic heterocycles. The number of carbonyl (C=O) groups is 4. The smallest absolute Gasteiger partial charge is 0.278 e. The first-order chi connectivity index (χ1) is 29.3. The van der Waals surface area contributed by atoms with E-state index in [1.807, 2.05) is 37.5 Å². The highest BCUT2D eigenvalue weighted by molar-refractivity contribution is 6.07. The van der Waals surface area contributed by atoms with Crippen LogP contribution in [-0.2, 0) is 30.9 Å². The van der Waals surface area contributed by atoms with Crippen molar-refractivity contribution in [3.05, 3.63) is 76.5 Å². The second-order valence-corrected chi connectivity index (χ2v) is 15.1. The lowest BCUT2D eigenvalue weighted by Gasteiger charge is -2.26. The number of allylic oxidation sites excluding steroid dienone is 2. The molecule has 21 heteroatoms. The Labute approximate surface area is 349 Å². The summed E-state index contributed by atoms with van der Waals surface area (Å²) in [5.74, 6) is -1.86. The van der Waals surface area contributed by atoms with Gasteiger partial charge in [-0.15, -0.1) is 0 Å². The number of fused-ring (bicyclic) bond motifs is 4. The number of carbonyl (C=O) groups excluding carboxylic acids is 4. The molecule has 7 heterocycles. The van der Waals surface area contributed by atoms with E-state index in [0.717, 1.165) is 26.1 Å². The van der Waals surface area contributed by atoms with Gasteiger partial charge in [-0.2, -0.15) is 10.2 Å². The molecule has 2 atom stereocenters. The van der Waals surface area contributed by atoms with Crippen molar-refractivity contribution in [1.29, 1.82) is 0 Å².